The lowest BCUT2D eigenvalue weighted by molar-refractivity contribution is 0.601. The SMILES string of the molecule is Cc1ccc(NS(=O)(=O)c2cc(N)ccc2Br)c(Cl)c1. The Kier molecular flexibility index (Phi) is 4.27. The van der Waals surface area contributed by atoms with Crippen molar-refractivity contribution < 1.29 is 8.42 Å². The standard InChI is InChI=1S/C13H12BrClN2O2S/c1-8-2-5-12(11(15)6-8)17-20(18,19)13-7-9(16)3-4-10(13)14/h2-7,17H,16H2,1H3. The number of sulfonamides is 1. The third kappa shape index (κ3) is 3.26. The molecule has 0 aliphatic heterocycles. The van der Waals surface area contributed by atoms with Crippen molar-refractivity contribution in [3.63, 3.8) is 0 Å². The first-order valence-corrected chi connectivity index (χ1v) is 8.29. The van der Waals surface area contributed by atoms with Gasteiger partial charge in [-0.2, -0.15) is 0 Å². The van der Waals surface area contributed by atoms with Crippen LogP contribution in [0.25, 0.3) is 0 Å². The van der Waals surface area contributed by atoms with Crippen LogP contribution in [0.2, 0.25) is 5.02 Å². The van der Waals surface area contributed by atoms with E-state index in [1.807, 2.05) is 6.92 Å². The second-order valence-corrected chi connectivity index (χ2v) is 7.19. The minimum Gasteiger partial charge on any atom is -0.399 e. The van der Waals surface area contributed by atoms with Crippen molar-refractivity contribution in [2.75, 3.05) is 10.5 Å². The van der Waals surface area contributed by atoms with Gasteiger partial charge >= 0.3 is 0 Å². The molecule has 0 atom stereocenters. The van der Waals surface area contributed by atoms with Gasteiger partial charge < -0.3 is 5.73 Å². The van der Waals surface area contributed by atoms with Crippen molar-refractivity contribution >= 4 is 48.9 Å². The van der Waals surface area contributed by atoms with Gasteiger partial charge in [-0.1, -0.05) is 17.7 Å². The molecule has 2 rings (SSSR count). The molecule has 0 heterocycles. The number of halogens is 2. The number of nitrogens with two attached hydrogens (primary N) is 1. The van der Waals surface area contributed by atoms with Crippen molar-refractivity contribution in [2.24, 2.45) is 0 Å². The summed E-state index contributed by atoms with van der Waals surface area (Å²) in [7, 11) is -3.76. The zero-order valence-corrected chi connectivity index (χ0v) is 13.7. The second-order valence-electron chi connectivity index (χ2n) is 4.28. The lowest BCUT2D eigenvalue weighted by atomic mass is 10.2. The number of hydrogen-bond donors (Lipinski definition) is 2. The van der Waals surface area contributed by atoms with Gasteiger partial charge in [0.05, 0.1) is 10.7 Å². The highest BCUT2D eigenvalue weighted by Crippen LogP contribution is 2.29. The third-order valence-electron chi connectivity index (χ3n) is 2.61. The molecule has 2 aromatic rings. The molecule has 20 heavy (non-hydrogen) atoms. The van der Waals surface area contributed by atoms with Crippen LogP contribution in [0.1, 0.15) is 5.56 Å². The molecule has 0 saturated heterocycles. The van der Waals surface area contributed by atoms with Gasteiger partial charge in [-0.15, -0.1) is 0 Å². The molecule has 7 heteroatoms. The molecule has 0 saturated carbocycles. The van der Waals surface area contributed by atoms with Crippen LogP contribution in [-0.4, -0.2) is 8.42 Å². The minimum absolute atomic E-state index is 0.0640. The van der Waals surface area contributed by atoms with Crippen molar-refractivity contribution in [3.8, 4) is 0 Å². The maximum atomic E-state index is 12.4. The van der Waals surface area contributed by atoms with E-state index in [1.54, 1.807) is 30.3 Å². The van der Waals surface area contributed by atoms with E-state index in [4.69, 9.17) is 17.3 Å². The van der Waals surface area contributed by atoms with Gasteiger partial charge in [-0.3, -0.25) is 4.72 Å². The quantitative estimate of drug-likeness (QED) is 0.802. The van der Waals surface area contributed by atoms with Crippen LogP contribution in [0.3, 0.4) is 0 Å². The fourth-order valence-electron chi connectivity index (χ4n) is 1.63. The molecule has 0 aromatic heterocycles. The van der Waals surface area contributed by atoms with Crippen molar-refractivity contribution in [1.82, 2.24) is 0 Å². The molecule has 3 N–H and O–H groups in total. The summed E-state index contributed by atoms with van der Waals surface area (Å²) in [5.41, 5.74) is 7.27. The van der Waals surface area contributed by atoms with Gasteiger partial charge in [0.2, 0.25) is 0 Å². The zero-order valence-electron chi connectivity index (χ0n) is 10.5. The van der Waals surface area contributed by atoms with E-state index in [1.165, 1.54) is 6.07 Å². The first-order chi connectivity index (χ1) is 9.29. The van der Waals surface area contributed by atoms with E-state index < -0.39 is 10.0 Å². The Hall–Kier alpha value is -1.24. The number of nitrogens with one attached hydrogen (secondary N) is 1. The fourth-order valence-corrected chi connectivity index (χ4v) is 4.05. The molecule has 4 nitrogen and oxygen atoms in total. The van der Waals surface area contributed by atoms with E-state index >= 15 is 0 Å². The summed E-state index contributed by atoms with van der Waals surface area (Å²) < 4.78 is 27.6. The van der Waals surface area contributed by atoms with E-state index in [9.17, 15) is 8.42 Å². The highest BCUT2D eigenvalue weighted by molar-refractivity contribution is 9.10. The van der Waals surface area contributed by atoms with Crippen molar-refractivity contribution in [2.45, 2.75) is 11.8 Å². The Labute approximate surface area is 131 Å². The predicted molar refractivity (Wildman–Crippen MR) is 85.6 cm³/mol. The van der Waals surface area contributed by atoms with Gasteiger partial charge in [-0.05, 0) is 58.7 Å². The van der Waals surface area contributed by atoms with Gasteiger partial charge in [0.15, 0.2) is 0 Å². The largest absolute Gasteiger partial charge is 0.399 e. The highest BCUT2D eigenvalue weighted by atomic mass is 79.9. The lowest BCUT2D eigenvalue weighted by Crippen LogP contribution is -2.14. The van der Waals surface area contributed by atoms with Crippen molar-refractivity contribution in [3.05, 3.63) is 51.5 Å². The van der Waals surface area contributed by atoms with Crippen LogP contribution >= 0.6 is 27.5 Å². The molecular weight excluding hydrogens is 364 g/mol. The van der Waals surface area contributed by atoms with Gasteiger partial charge in [0.1, 0.15) is 4.90 Å². The zero-order chi connectivity index (χ0) is 14.9. The number of benzene rings is 2. The maximum Gasteiger partial charge on any atom is 0.263 e. The Morgan fingerprint density at radius 2 is 1.90 bits per heavy atom. The summed E-state index contributed by atoms with van der Waals surface area (Å²) in [6, 6.07) is 9.67. The molecule has 0 unspecified atom stereocenters. The average Bonchev–Trinajstić information content (AvgIpc) is 2.35. The van der Waals surface area contributed by atoms with E-state index in [0.29, 0.717) is 20.9 Å². The van der Waals surface area contributed by atoms with Crippen LogP contribution in [0.15, 0.2) is 45.8 Å². The maximum absolute atomic E-state index is 12.4. The Bertz CT molecular complexity index is 763. The Balaban J connectivity index is 2.43. The molecule has 0 bridgehead atoms. The van der Waals surface area contributed by atoms with E-state index in [-0.39, 0.29) is 4.90 Å². The first-order valence-electron chi connectivity index (χ1n) is 5.63. The fraction of sp³-hybridized carbons (Fsp3) is 0.0769. The Morgan fingerprint density at radius 3 is 2.55 bits per heavy atom. The summed E-state index contributed by atoms with van der Waals surface area (Å²) in [6.07, 6.45) is 0. The normalized spacial score (nSPS) is 11.3. The summed E-state index contributed by atoms with van der Waals surface area (Å²) in [6.45, 7) is 1.87. The van der Waals surface area contributed by atoms with Gasteiger partial charge in [0, 0.05) is 10.2 Å². The summed E-state index contributed by atoms with van der Waals surface area (Å²) >= 11 is 9.23. The van der Waals surface area contributed by atoms with Crippen LogP contribution in [0.5, 0.6) is 0 Å². The monoisotopic (exact) mass is 374 g/mol. The smallest absolute Gasteiger partial charge is 0.263 e. The predicted octanol–water partition coefficient (Wildman–Crippen LogP) is 3.79. The highest BCUT2D eigenvalue weighted by Gasteiger charge is 2.19. The molecule has 0 spiro atoms. The third-order valence-corrected chi connectivity index (χ3v) is 5.29. The lowest BCUT2D eigenvalue weighted by Gasteiger charge is -2.12. The number of rotatable bonds is 3. The van der Waals surface area contributed by atoms with Crippen LogP contribution in [0, 0.1) is 6.92 Å². The summed E-state index contributed by atoms with van der Waals surface area (Å²) in [5, 5.41) is 0.341. The summed E-state index contributed by atoms with van der Waals surface area (Å²) in [4.78, 5) is 0.0640. The van der Waals surface area contributed by atoms with Crippen molar-refractivity contribution in [1.29, 1.82) is 0 Å². The average molecular weight is 376 g/mol. The van der Waals surface area contributed by atoms with E-state index in [0.717, 1.165) is 5.56 Å². The molecule has 0 aliphatic carbocycles. The Morgan fingerprint density at radius 1 is 1.20 bits per heavy atom. The molecule has 106 valence electrons. The minimum atomic E-state index is -3.76. The number of anilines is 2. The van der Waals surface area contributed by atoms with Crippen LogP contribution < -0.4 is 10.5 Å². The van der Waals surface area contributed by atoms with Gasteiger partial charge in [-0.25, -0.2) is 8.42 Å². The second kappa shape index (κ2) is 5.63. The van der Waals surface area contributed by atoms with E-state index in [2.05, 4.69) is 20.7 Å². The number of nitrogen functional groups attached to an aromatic ring is 1. The first kappa shape index (κ1) is 15.2. The molecule has 0 amide bonds. The number of hydrogen-bond acceptors (Lipinski definition) is 3. The topological polar surface area (TPSA) is 72.2 Å². The molecular formula is C13H12BrClN2O2S. The molecule has 0 fully saturated rings. The van der Waals surface area contributed by atoms with Gasteiger partial charge in [0.25, 0.3) is 10.0 Å². The molecule has 0 radical (unpaired) electrons. The molecule has 0 aliphatic rings. The number of aryl methyl sites for hydroxylation is 1. The van der Waals surface area contributed by atoms with Crippen LogP contribution in [0.4, 0.5) is 11.4 Å². The molecule has 2 aromatic carbocycles. The van der Waals surface area contributed by atoms with Crippen LogP contribution in [-0.2, 0) is 10.0 Å². The summed E-state index contributed by atoms with van der Waals surface area (Å²) in [5.74, 6) is 0.